The Kier molecular flexibility index (Phi) is 11.7. The van der Waals surface area contributed by atoms with E-state index in [-0.39, 0.29) is 25.6 Å². The monoisotopic (exact) mass is 662 g/mol. The van der Waals surface area contributed by atoms with Gasteiger partial charge < -0.3 is 9.47 Å². The summed E-state index contributed by atoms with van der Waals surface area (Å²) in [5, 5.41) is 6.90. The molecular weight excluding hydrogens is 631 g/mol. The van der Waals surface area contributed by atoms with Crippen molar-refractivity contribution in [3.8, 4) is 17.2 Å². The lowest BCUT2D eigenvalue weighted by Gasteiger charge is -2.16. The quantitative estimate of drug-likeness (QED) is 0.314. The molecule has 0 spiro atoms. The number of H-pyrrole nitrogens is 1. The van der Waals surface area contributed by atoms with Gasteiger partial charge in [-0.3, -0.25) is 14.7 Å². The van der Waals surface area contributed by atoms with Crippen molar-refractivity contribution in [3.63, 3.8) is 0 Å². The summed E-state index contributed by atoms with van der Waals surface area (Å²) in [6.07, 6.45) is -1.22. The molecule has 16 heteroatoms. The minimum Gasteiger partial charge on any atom is -0.475 e. The van der Waals surface area contributed by atoms with Crippen LogP contribution in [0, 0.1) is 13.8 Å². The number of ether oxygens (including phenoxy) is 2. The van der Waals surface area contributed by atoms with Crippen molar-refractivity contribution in [1.82, 2.24) is 18.8 Å². The molecular formula is C26H32Cl2N4O8S2. The van der Waals surface area contributed by atoms with Gasteiger partial charge in [-0.25, -0.2) is 25.4 Å². The van der Waals surface area contributed by atoms with E-state index in [4.69, 9.17) is 32.7 Å². The van der Waals surface area contributed by atoms with Crippen LogP contribution < -0.4 is 9.47 Å². The minimum atomic E-state index is -3.67. The van der Waals surface area contributed by atoms with Crippen LogP contribution in [0.15, 0.2) is 46.2 Å². The van der Waals surface area contributed by atoms with E-state index < -0.39 is 37.7 Å². The zero-order valence-electron chi connectivity index (χ0n) is 24.2. The average Bonchev–Trinajstić information content (AvgIpc) is 3.19. The summed E-state index contributed by atoms with van der Waals surface area (Å²) < 4.78 is 61.2. The van der Waals surface area contributed by atoms with Crippen molar-refractivity contribution in [3.05, 3.63) is 57.8 Å². The second-order valence-electron chi connectivity index (χ2n) is 9.34. The minimum absolute atomic E-state index is 0.0437. The van der Waals surface area contributed by atoms with Crippen LogP contribution in [-0.4, -0.2) is 81.5 Å². The molecule has 12 nitrogen and oxygen atoms in total. The lowest BCUT2D eigenvalue weighted by Crippen LogP contribution is -2.32. The number of carbonyl (C=O) groups is 2. The van der Waals surface area contributed by atoms with Gasteiger partial charge in [0, 0.05) is 40.3 Å². The molecule has 230 valence electrons. The fraction of sp³-hybridized carbons (Fsp3) is 0.346. The van der Waals surface area contributed by atoms with Gasteiger partial charge in [-0.2, -0.15) is 5.10 Å². The molecule has 0 saturated heterocycles. The lowest BCUT2D eigenvalue weighted by molar-refractivity contribution is -0.134. The molecule has 0 atom stereocenters. The van der Waals surface area contributed by atoms with Crippen LogP contribution in [0.4, 0.5) is 0 Å². The first-order chi connectivity index (χ1) is 19.3. The van der Waals surface area contributed by atoms with Crippen molar-refractivity contribution < 1.29 is 35.9 Å². The van der Waals surface area contributed by atoms with Gasteiger partial charge in [0.2, 0.25) is 26.2 Å². The topological polar surface area (TPSA) is 156 Å². The Morgan fingerprint density at radius 3 is 1.60 bits per heavy atom. The average molecular weight is 664 g/mol. The summed E-state index contributed by atoms with van der Waals surface area (Å²) in [6.45, 7) is 6.12. The number of hydrogen-bond acceptors (Lipinski definition) is 9. The van der Waals surface area contributed by atoms with E-state index in [1.807, 2.05) is 13.8 Å². The molecule has 0 saturated carbocycles. The number of nitrogens with one attached hydrogen (secondary N) is 1. The van der Waals surface area contributed by atoms with Crippen molar-refractivity contribution in [2.45, 2.75) is 43.6 Å². The molecule has 0 radical (unpaired) electrons. The molecule has 2 aromatic carbocycles. The Balaban J connectivity index is 0.000000293. The maximum absolute atomic E-state index is 12.1. The van der Waals surface area contributed by atoms with Crippen molar-refractivity contribution >= 4 is 54.8 Å². The highest BCUT2D eigenvalue weighted by Crippen LogP contribution is 2.32. The van der Waals surface area contributed by atoms with Gasteiger partial charge in [0.1, 0.15) is 27.0 Å². The number of nitrogens with zero attached hydrogens (tertiary/aromatic N) is 3. The van der Waals surface area contributed by atoms with Gasteiger partial charge >= 0.3 is 0 Å². The summed E-state index contributed by atoms with van der Waals surface area (Å²) in [7, 11) is -1.57. The highest BCUT2D eigenvalue weighted by Gasteiger charge is 2.25. The maximum atomic E-state index is 12.1. The van der Waals surface area contributed by atoms with Gasteiger partial charge in [0.15, 0.2) is 17.3 Å². The summed E-state index contributed by atoms with van der Waals surface area (Å²) in [6, 6.07) is 8.35. The van der Waals surface area contributed by atoms with E-state index in [2.05, 4.69) is 10.2 Å². The number of aryl methyl sites for hydroxylation is 2. The fourth-order valence-corrected chi connectivity index (χ4v) is 6.11. The molecule has 0 fully saturated rings. The van der Waals surface area contributed by atoms with Gasteiger partial charge in [-0.1, -0.05) is 23.2 Å². The molecule has 1 N–H and O–H groups in total. The number of sulfonamides is 2. The number of ketones is 2. The van der Waals surface area contributed by atoms with E-state index >= 15 is 0 Å². The predicted octanol–water partition coefficient (Wildman–Crippen LogP) is 4.24. The van der Waals surface area contributed by atoms with E-state index in [1.165, 1.54) is 72.4 Å². The Bertz CT molecular complexity index is 1650. The Morgan fingerprint density at radius 1 is 0.810 bits per heavy atom. The number of benzene rings is 2. The summed E-state index contributed by atoms with van der Waals surface area (Å²) in [5.41, 5.74) is 1.50. The van der Waals surface area contributed by atoms with Crippen LogP contribution in [-0.2, 0) is 29.6 Å². The van der Waals surface area contributed by atoms with Crippen LogP contribution in [0.25, 0.3) is 0 Å². The highest BCUT2D eigenvalue weighted by molar-refractivity contribution is 7.89. The predicted molar refractivity (Wildman–Crippen MR) is 159 cm³/mol. The Hall–Kier alpha value is -3.01. The lowest BCUT2D eigenvalue weighted by atomic mass is 10.2. The first-order valence-corrected chi connectivity index (χ1v) is 15.7. The Labute approximate surface area is 255 Å². The zero-order valence-corrected chi connectivity index (χ0v) is 27.4. The van der Waals surface area contributed by atoms with Crippen LogP contribution >= 0.6 is 23.2 Å². The SMILES string of the molecule is CC(=O)C(Oc1ccc(S(=O)(=O)N(C)C)c(Cl)c1)C(C)=O.Cc1n[nH]c(C)c1Oc1ccc(S(=O)(=O)N(C)C)c(Cl)c1. The maximum Gasteiger partial charge on any atom is 0.244 e. The standard InChI is InChI=1S/C13H16ClN3O3S.C13H16ClNO5S/c1-8-13(9(2)16-15-8)20-10-5-6-12(11(14)7-10)21(18,19)17(3)4;1-8(16)13(9(2)17)20-10-5-6-12(11(14)7-10)21(18,19)15(3)4/h5-7H,1-4H3,(H,15,16);5-7,13H,1-4H3. The van der Waals surface area contributed by atoms with E-state index in [1.54, 1.807) is 6.07 Å². The van der Waals surface area contributed by atoms with Crippen LogP contribution in [0.2, 0.25) is 10.0 Å². The Morgan fingerprint density at radius 2 is 1.24 bits per heavy atom. The molecule has 0 aliphatic carbocycles. The number of Topliss-reactive ketones (excluding diaryl/α,β-unsaturated/α-hetero) is 2. The first-order valence-electron chi connectivity index (χ1n) is 12.1. The van der Waals surface area contributed by atoms with E-state index in [0.717, 1.165) is 14.3 Å². The summed E-state index contributed by atoms with van der Waals surface area (Å²) in [5.74, 6) is 0.319. The second kappa shape index (κ2) is 14.0. The van der Waals surface area contributed by atoms with E-state index in [0.29, 0.717) is 17.2 Å². The molecule has 42 heavy (non-hydrogen) atoms. The number of aromatic amines is 1. The number of aromatic nitrogens is 2. The van der Waals surface area contributed by atoms with Gasteiger partial charge in [-0.15, -0.1) is 0 Å². The molecule has 3 rings (SSSR count). The summed E-state index contributed by atoms with van der Waals surface area (Å²) >= 11 is 12.0. The van der Waals surface area contributed by atoms with E-state index in [9.17, 15) is 26.4 Å². The smallest absolute Gasteiger partial charge is 0.244 e. The van der Waals surface area contributed by atoms with Crippen molar-refractivity contribution in [2.75, 3.05) is 28.2 Å². The normalized spacial score (nSPS) is 11.8. The largest absolute Gasteiger partial charge is 0.475 e. The first kappa shape index (κ1) is 35.2. The molecule has 0 aliphatic rings. The third-order valence-corrected chi connectivity index (χ3v) is 10.2. The fourth-order valence-electron chi connectivity index (χ4n) is 3.31. The number of hydrogen-bond donors (Lipinski definition) is 1. The van der Waals surface area contributed by atoms with Crippen LogP contribution in [0.5, 0.6) is 17.2 Å². The molecule has 0 amide bonds. The second-order valence-corrected chi connectivity index (χ2v) is 14.4. The van der Waals surface area contributed by atoms with Crippen LogP contribution in [0.3, 0.4) is 0 Å². The van der Waals surface area contributed by atoms with Gasteiger partial charge in [0.05, 0.1) is 15.7 Å². The summed E-state index contributed by atoms with van der Waals surface area (Å²) in [4.78, 5) is 22.6. The highest BCUT2D eigenvalue weighted by atomic mass is 35.5. The zero-order chi connectivity index (χ0) is 32.2. The van der Waals surface area contributed by atoms with Gasteiger partial charge in [0.25, 0.3) is 0 Å². The van der Waals surface area contributed by atoms with Crippen molar-refractivity contribution in [1.29, 1.82) is 0 Å². The van der Waals surface area contributed by atoms with Crippen LogP contribution in [0.1, 0.15) is 25.2 Å². The molecule has 1 heterocycles. The van der Waals surface area contributed by atoms with Gasteiger partial charge in [-0.05, 0) is 52.0 Å². The molecule has 0 bridgehead atoms. The number of carbonyl (C=O) groups excluding carboxylic acids is 2. The molecule has 3 aromatic rings. The molecule has 0 unspecified atom stereocenters. The number of halogens is 2. The molecule has 1 aromatic heterocycles. The van der Waals surface area contributed by atoms with Crippen molar-refractivity contribution in [2.24, 2.45) is 0 Å². The molecule has 0 aliphatic heterocycles. The third-order valence-electron chi connectivity index (χ3n) is 5.60. The third kappa shape index (κ3) is 8.30. The number of rotatable bonds is 10.